The topological polar surface area (TPSA) is 31.4 Å². The molecule has 0 atom stereocenters. The minimum Gasteiger partial charge on any atom is -0.495 e. The smallest absolute Gasteiger partial charge is 0.387 e. The number of alkyl halides is 2. The van der Waals surface area contributed by atoms with E-state index in [0.717, 1.165) is 6.07 Å². The van der Waals surface area contributed by atoms with E-state index in [2.05, 4.69) is 9.72 Å². The Morgan fingerprint density at radius 2 is 1.95 bits per heavy atom. The van der Waals surface area contributed by atoms with Gasteiger partial charge in [-0.15, -0.1) is 0 Å². The lowest BCUT2D eigenvalue weighted by atomic mass is 10.1. The quantitative estimate of drug-likeness (QED) is 0.842. The van der Waals surface area contributed by atoms with Gasteiger partial charge in [0.15, 0.2) is 11.6 Å². The fourth-order valence-electron chi connectivity index (χ4n) is 1.61. The van der Waals surface area contributed by atoms with Crippen LogP contribution < -0.4 is 9.47 Å². The van der Waals surface area contributed by atoms with Gasteiger partial charge in [-0.05, 0) is 29.3 Å². The van der Waals surface area contributed by atoms with E-state index in [0.29, 0.717) is 16.9 Å². The number of aromatic nitrogens is 1. The molecule has 3 nitrogen and oxygen atoms in total. The minimum absolute atomic E-state index is 0.496. The average Bonchev–Trinajstić information content (AvgIpc) is 2.42. The molecule has 0 fully saturated rings. The Kier molecular flexibility index (Phi) is 4.45. The molecule has 0 aliphatic heterocycles. The van der Waals surface area contributed by atoms with Gasteiger partial charge in [0, 0.05) is 12.6 Å². The summed E-state index contributed by atoms with van der Waals surface area (Å²) < 4.78 is 46.7. The first-order valence-corrected chi connectivity index (χ1v) is 5.66. The first-order valence-electron chi connectivity index (χ1n) is 5.66. The summed E-state index contributed by atoms with van der Waals surface area (Å²) in [5, 5.41) is 0. The van der Waals surface area contributed by atoms with Gasteiger partial charge >= 0.3 is 6.61 Å². The monoisotopic (exact) mass is 282 g/mol. The van der Waals surface area contributed by atoms with Crippen LogP contribution >= 0.6 is 0 Å². The molecule has 1 aromatic heterocycles. The lowest BCUT2D eigenvalue weighted by Crippen LogP contribution is -2.04. The van der Waals surface area contributed by atoms with Crippen LogP contribution in [-0.2, 0) is 0 Å². The molecule has 0 unspecified atom stereocenters. The van der Waals surface area contributed by atoms with Crippen LogP contribution in [-0.4, -0.2) is 18.7 Å². The number of hydrogen-bond acceptors (Lipinski definition) is 3. The number of methoxy groups -OCH3 is 1. The van der Waals surface area contributed by atoms with Gasteiger partial charge in [0.2, 0.25) is 0 Å². The molecular formula is C14H11F3NO2. The second kappa shape index (κ2) is 6.27. The third kappa shape index (κ3) is 3.63. The summed E-state index contributed by atoms with van der Waals surface area (Å²) in [5.74, 6) is -0.777. The van der Waals surface area contributed by atoms with E-state index in [4.69, 9.17) is 4.74 Å². The largest absolute Gasteiger partial charge is 0.495 e. The van der Waals surface area contributed by atoms with Crippen molar-refractivity contribution in [2.45, 2.75) is 6.61 Å². The number of nitrogens with zero attached hydrogens (tertiary/aromatic N) is 1. The predicted octanol–water partition coefficient (Wildman–Crippen LogP) is 3.43. The molecule has 1 heterocycles. The number of rotatable bonds is 5. The molecule has 20 heavy (non-hydrogen) atoms. The molecule has 1 aromatic carbocycles. The summed E-state index contributed by atoms with van der Waals surface area (Å²) in [4.78, 5) is 3.96. The molecule has 2 rings (SSSR count). The zero-order valence-electron chi connectivity index (χ0n) is 10.5. The van der Waals surface area contributed by atoms with Crippen LogP contribution in [0, 0.1) is 12.2 Å². The van der Waals surface area contributed by atoms with Gasteiger partial charge in [0.25, 0.3) is 0 Å². The minimum atomic E-state index is -3.07. The van der Waals surface area contributed by atoms with Crippen molar-refractivity contribution in [1.29, 1.82) is 0 Å². The summed E-state index contributed by atoms with van der Waals surface area (Å²) in [7, 11) is 1.51. The van der Waals surface area contributed by atoms with Crippen LogP contribution in [0.4, 0.5) is 13.2 Å². The van der Waals surface area contributed by atoms with Gasteiger partial charge < -0.3 is 9.47 Å². The SMILES string of the molecule is COc1cncc([CH]c2ccc(F)c(OC(F)F)c2)c1. The van der Waals surface area contributed by atoms with Gasteiger partial charge in [0.1, 0.15) is 5.75 Å². The van der Waals surface area contributed by atoms with E-state index in [-0.39, 0.29) is 0 Å². The Hall–Kier alpha value is -2.24. The Labute approximate surface area is 114 Å². The number of benzene rings is 1. The van der Waals surface area contributed by atoms with Crippen molar-refractivity contribution in [2.24, 2.45) is 0 Å². The van der Waals surface area contributed by atoms with Crippen molar-refractivity contribution >= 4 is 0 Å². The van der Waals surface area contributed by atoms with E-state index in [9.17, 15) is 13.2 Å². The molecule has 105 valence electrons. The highest BCUT2D eigenvalue weighted by atomic mass is 19.3. The maximum absolute atomic E-state index is 13.3. The van der Waals surface area contributed by atoms with Crippen LogP contribution in [0.15, 0.2) is 36.7 Å². The summed E-state index contributed by atoms with van der Waals surface area (Å²) in [6.07, 6.45) is 4.75. The van der Waals surface area contributed by atoms with Gasteiger partial charge in [-0.1, -0.05) is 6.07 Å². The Morgan fingerprint density at radius 3 is 2.65 bits per heavy atom. The van der Waals surface area contributed by atoms with Crippen molar-refractivity contribution in [1.82, 2.24) is 4.98 Å². The first-order chi connectivity index (χ1) is 9.58. The third-order valence-electron chi connectivity index (χ3n) is 2.47. The van der Waals surface area contributed by atoms with Gasteiger partial charge in [-0.2, -0.15) is 8.78 Å². The molecule has 0 saturated heterocycles. The maximum Gasteiger partial charge on any atom is 0.387 e. The van der Waals surface area contributed by atoms with E-state index >= 15 is 0 Å². The second-order valence-corrected chi connectivity index (χ2v) is 3.87. The normalized spacial score (nSPS) is 10.7. The van der Waals surface area contributed by atoms with Crippen molar-refractivity contribution in [2.75, 3.05) is 7.11 Å². The highest BCUT2D eigenvalue weighted by molar-refractivity contribution is 5.42. The zero-order chi connectivity index (χ0) is 14.5. The predicted molar refractivity (Wildman–Crippen MR) is 66.3 cm³/mol. The lowest BCUT2D eigenvalue weighted by molar-refractivity contribution is -0.0522. The van der Waals surface area contributed by atoms with E-state index < -0.39 is 18.2 Å². The van der Waals surface area contributed by atoms with Crippen LogP contribution in [0.2, 0.25) is 0 Å². The zero-order valence-corrected chi connectivity index (χ0v) is 10.5. The Balaban J connectivity index is 2.20. The third-order valence-corrected chi connectivity index (χ3v) is 2.47. The highest BCUT2D eigenvalue weighted by Crippen LogP contribution is 2.24. The Bertz CT molecular complexity index is 590. The summed E-state index contributed by atoms with van der Waals surface area (Å²) in [6.45, 7) is -3.07. The molecule has 1 radical (unpaired) electrons. The molecule has 0 amide bonds. The number of halogens is 3. The van der Waals surface area contributed by atoms with E-state index in [1.54, 1.807) is 18.7 Å². The molecule has 0 bridgehead atoms. The lowest BCUT2D eigenvalue weighted by Gasteiger charge is -2.08. The summed E-state index contributed by atoms with van der Waals surface area (Å²) in [5.41, 5.74) is 1.20. The summed E-state index contributed by atoms with van der Waals surface area (Å²) >= 11 is 0. The first kappa shape index (κ1) is 14.2. The molecule has 0 N–H and O–H groups in total. The van der Waals surface area contributed by atoms with Crippen molar-refractivity contribution in [3.8, 4) is 11.5 Å². The standard InChI is InChI=1S/C14H11F3NO2/c1-19-11-5-10(7-18-8-11)4-9-2-3-12(15)13(6-9)20-14(16)17/h2-8,14H,1H3. The fraction of sp³-hybridized carbons (Fsp3) is 0.143. The highest BCUT2D eigenvalue weighted by Gasteiger charge is 2.11. The number of hydrogen-bond donors (Lipinski definition) is 0. The number of ether oxygens (including phenoxy) is 2. The maximum atomic E-state index is 13.3. The average molecular weight is 282 g/mol. The van der Waals surface area contributed by atoms with Crippen LogP contribution in [0.25, 0.3) is 0 Å². The molecular weight excluding hydrogens is 271 g/mol. The fourth-order valence-corrected chi connectivity index (χ4v) is 1.61. The summed E-state index contributed by atoms with van der Waals surface area (Å²) in [6, 6.07) is 5.43. The van der Waals surface area contributed by atoms with Crippen LogP contribution in [0.5, 0.6) is 11.5 Å². The van der Waals surface area contributed by atoms with Crippen LogP contribution in [0.3, 0.4) is 0 Å². The Morgan fingerprint density at radius 1 is 1.15 bits per heavy atom. The van der Waals surface area contributed by atoms with Crippen molar-refractivity contribution in [3.05, 3.63) is 60.0 Å². The van der Waals surface area contributed by atoms with Gasteiger partial charge in [-0.3, -0.25) is 4.98 Å². The van der Waals surface area contributed by atoms with E-state index in [1.165, 1.54) is 25.4 Å². The second-order valence-electron chi connectivity index (χ2n) is 3.87. The molecule has 0 saturated carbocycles. The molecule has 2 aromatic rings. The van der Waals surface area contributed by atoms with Crippen molar-refractivity contribution < 1.29 is 22.6 Å². The van der Waals surface area contributed by atoms with Crippen molar-refractivity contribution in [3.63, 3.8) is 0 Å². The van der Waals surface area contributed by atoms with Gasteiger partial charge in [0.05, 0.1) is 13.3 Å². The van der Waals surface area contributed by atoms with E-state index in [1.807, 2.05) is 0 Å². The van der Waals surface area contributed by atoms with Gasteiger partial charge in [-0.25, -0.2) is 4.39 Å². The molecule has 0 aliphatic rings. The number of pyridine rings is 1. The van der Waals surface area contributed by atoms with Crippen LogP contribution in [0.1, 0.15) is 11.1 Å². The molecule has 0 aliphatic carbocycles. The molecule has 0 spiro atoms. The molecule has 6 heteroatoms.